The van der Waals surface area contributed by atoms with Crippen LogP contribution in [0.1, 0.15) is 5.56 Å². The molecule has 0 spiro atoms. The monoisotopic (exact) mass is 393 g/mol. The molecule has 0 radical (unpaired) electrons. The van der Waals surface area contributed by atoms with E-state index in [1.807, 2.05) is 22.9 Å². The zero-order valence-corrected chi connectivity index (χ0v) is 15.6. The zero-order chi connectivity index (χ0) is 17.6. The predicted octanol–water partition coefficient (Wildman–Crippen LogP) is 5.48. The molecule has 128 valence electrons. The lowest BCUT2D eigenvalue weighted by atomic mass is 10.1. The van der Waals surface area contributed by atoms with Gasteiger partial charge in [-0.05, 0) is 42.8 Å². The largest absolute Gasteiger partial charge is 0.496 e. The first-order valence-electron chi connectivity index (χ1n) is 7.73. The maximum Gasteiger partial charge on any atom is 0.133 e. The topological polar surface area (TPSA) is 39.1 Å². The van der Waals surface area contributed by atoms with Crippen LogP contribution in [-0.2, 0) is 6.42 Å². The number of rotatable bonds is 3. The SMILES string of the molecule is COc1ccc(Cl)cc1-c1nn(-c2ccc(Cl)c(Cl)c2)c2c1CCN2. The predicted molar refractivity (Wildman–Crippen MR) is 103 cm³/mol. The fraction of sp³-hybridized carbons (Fsp3) is 0.167. The molecule has 0 fully saturated rings. The van der Waals surface area contributed by atoms with E-state index < -0.39 is 0 Å². The van der Waals surface area contributed by atoms with Gasteiger partial charge in [-0.2, -0.15) is 5.10 Å². The van der Waals surface area contributed by atoms with Crippen LogP contribution in [0, 0.1) is 0 Å². The number of halogens is 3. The van der Waals surface area contributed by atoms with Gasteiger partial charge in [-0.15, -0.1) is 0 Å². The van der Waals surface area contributed by atoms with E-state index in [0.29, 0.717) is 15.1 Å². The number of ether oxygens (including phenoxy) is 1. The van der Waals surface area contributed by atoms with Crippen LogP contribution < -0.4 is 10.1 Å². The number of fused-ring (bicyclic) bond motifs is 1. The highest BCUT2D eigenvalue weighted by Crippen LogP contribution is 2.40. The van der Waals surface area contributed by atoms with E-state index in [4.69, 9.17) is 44.6 Å². The molecule has 0 amide bonds. The van der Waals surface area contributed by atoms with E-state index in [-0.39, 0.29) is 0 Å². The van der Waals surface area contributed by atoms with Gasteiger partial charge in [0.05, 0.1) is 22.8 Å². The van der Waals surface area contributed by atoms with E-state index in [1.165, 1.54) is 0 Å². The van der Waals surface area contributed by atoms with Crippen molar-refractivity contribution in [3.8, 4) is 22.7 Å². The Balaban J connectivity index is 1.92. The van der Waals surface area contributed by atoms with Gasteiger partial charge >= 0.3 is 0 Å². The third-order valence-electron chi connectivity index (χ3n) is 4.22. The van der Waals surface area contributed by atoms with Crippen molar-refractivity contribution in [2.75, 3.05) is 19.0 Å². The highest BCUT2D eigenvalue weighted by atomic mass is 35.5. The minimum Gasteiger partial charge on any atom is -0.496 e. The first-order valence-corrected chi connectivity index (χ1v) is 8.87. The van der Waals surface area contributed by atoms with Crippen LogP contribution in [-0.4, -0.2) is 23.4 Å². The Morgan fingerprint density at radius 1 is 1.08 bits per heavy atom. The van der Waals surface area contributed by atoms with Gasteiger partial charge in [0.2, 0.25) is 0 Å². The lowest BCUT2D eigenvalue weighted by Crippen LogP contribution is -2.04. The molecule has 1 N–H and O–H groups in total. The van der Waals surface area contributed by atoms with E-state index >= 15 is 0 Å². The van der Waals surface area contributed by atoms with Crippen LogP contribution in [0.25, 0.3) is 16.9 Å². The summed E-state index contributed by atoms with van der Waals surface area (Å²) >= 11 is 18.4. The molecule has 0 saturated carbocycles. The lowest BCUT2D eigenvalue weighted by Gasteiger charge is -2.09. The number of methoxy groups -OCH3 is 1. The summed E-state index contributed by atoms with van der Waals surface area (Å²) in [6.45, 7) is 0.852. The van der Waals surface area contributed by atoms with Crippen LogP contribution in [0.15, 0.2) is 36.4 Å². The standard InChI is InChI=1S/C18H14Cl3N3O/c1-25-16-5-2-10(19)8-13(16)17-12-6-7-22-18(12)24(23-17)11-3-4-14(20)15(21)9-11/h2-5,8-9,22H,6-7H2,1H3. The third-order valence-corrected chi connectivity index (χ3v) is 5.19. The maximum atomic E-state index is 6.20. The second kappa shape index (κ2) is 6.45. The highest BCUT2D eigenvalue weighted by molar-refractivity contribution is 6.42. The van der Waals surface area contributed by atoms with Crippen molar-refractivity contribution in [2.45, 2.75) is 6.42 Å². The van der Waals surface area contributed by atoms with E-state index in [9.17, 15) is 0 Å². The van der Waals surface area contributed by atoms with E-state index in [1.54, 1.807) is 25.3 Å². The second-order valence-electron chi connectivity index (χ2n) is 5.71. The molecule has 4 nitrogen and oxygen atoms in total. The van der Waals surface area contributed by atoms with E-state index in [0.717, 1.165) is 47.0 Å². The molecule has 0 aliphatic carbocycles. The summed E-state index contributed by atoms with van der Waals surface area (Å²) < 4.78 is 7.34. The number of anilines is 1. The third kappa shape index (κ3) is 2.84. The average molecular weight is 395 g/mol. The van der Waals surface area contributed by atoms with Crippen molar-refractivity contribution in [1.29, 1.82) is 0 Å². The molecule has 25 heavy (non-hydrogen) atoms. The highest BCUT2D eigenvalue weighted by Gasteiger charge is 2.26. The quantitative estimate of drug-likeness (QED) is 0.639. The van der Waals surface area contributed by atoms with Crippen LogP contribution in [0.2, 0.25) is 15.1 Å². The van der Waals surface area contributed by atoms with Gasteiger partial charge in [-0.1, -0.05) is 34.8 Å². The number of nitrogens with one attached hydrogen (secondary N) is 1. The minimum absolute atomic E-state index is 0.489. The molecule has 1 aromatic heterocycles. The molecule has 7 heteroatoms. The summed E-state index contributed by atoms with van der Waals surface area (Å²) in [5.74, 6) is 1.69. The van der Waals surface area contributed by atoms with Gasteiger partial charge in [0.1, 0.15) is 17.3 Å². The van der Waals surface area contributed by atoms with Gasteiger partial charge in [0.15, 0.2) is 0 Å². The molecule has 3 aromatic rings. The van der Waals surface area contributed by atoms with Crippen molar-refractivity contribution in [1.82, 2.24) is 9.78 Å². The smallest absolute Gasteiger partial charge is 0.133 e. The number of nitrogens with zero attached hydrogens (tertiary/aromatic N) is 2. The summed E-state index contributed by atoms with van der Waals surface area (Å²) in [5, 5.41) is 9.84. The average Bonchev–Trinajstić information content (AvgIpc) is 3.20. The van der Waals surface area contributed by atoms with Gasteiger partial charge in [-0.25, -0.2) is 4.68 Å². The molecule has 2 heterocycles. The van der Waals surface area contributed by atoms with E-state index in [2.05, 4.69) is 5.32 Å². The molecule has 0 bridgehead atoms. The minimum atomic E-state index is 0.489. The van der Waals surface area contributed by atoms with Crippen molar-refractivity contribution in [3.63, 3.8) is 0 Å². The normalized spacial score (nSPS) is 12.8. The second-order valence-corrected chi connectivity index (χ2v) is 6.96. The van der Waals surface area contributed by atoms with Gasteiger partial charge in [0.25, 0.3) is 0 Å². The summed E-state index contributed by atoms with van der Waals surface area (Å²) in [4.78, 5) is 0. The Kier molecular flexibility index (Phi) is 4.28. The van der Waals surface area contributed by atoms with Crippen LogP contribution in [0.3, 0.4) is 0 Å². The first kappa shape index (κ1) is 16.6. The van der Waals surface area contributed by atoms with Crippen molar-refractivity contribution >= 4 is 40.6 Å². The van der Waals surface area contributed by atoms with Gasteiger partial charge in [0, 0.05) is 22.7 Å². The lowest BCUT2D eigenvalue weighted by molar-refractivity contribution is 0.416. The number of hydrogen-bond donors (Lipinski definition) is 1. The maximum absolute atomic E-state index is 6.20. The summed E-state index contributed by atoms with van der Waals surface area (Å²) in [7, 11) is 1.64. The Bertz CT molecular complexity index is 968. The van der Waals surface area contributed by atoms with Crippen molar-refractivity contribution < 1.29 is 4.74 Å². The molecule has 0 unspecified atom stereocenters. The number of hydrogen-bond acceptors (Lipinski definition) is 3. The van der Waals surface area contributed by atoms with Crippen LogP contribution in [0.4, 0.5) is 5.82 Å². The Labute approximate surface area is 160 Å². The Morgan fingerprint density at radius 3 is 2.68 bits per heavy atom. The van der Waals surface area contributed by atoms with Crippen molar-refractivity contribution in [3.05, 3.63) is 57.0 Å². The fourth-order valence-electron chi connectivity index (χ4n) is 3.06. The molecular weight excluding hydrogens is 381 g/mol. The summed E-state index contributed by atoms with van der Waals surface area (Å²) in [5.41, 5.74) is 3.69. The van der Waals surface area contributed by atoms with Crippen LogP contribution >= 0.6 is 34.8 Å². The first-order chi connectivity index (χ1) is 12.1. The summed E-state index contributed by atoms with van der Waals surface area (Å²) in [6, 6.07) is 11.0. The zero-order valence-electron chi connectivity index (χ0n) is 13.3. The molecule has 1 aliphatic rings. The number of aromatic nitrogens is 2. The molecule has 0 saturated heterocycles. The fourth-order valence-corrected chi connectivity index (χ4v) is 3.52. The molecule has 1 aliphatic heterocycles. The molecule has 2 aromatic carbocycles. The molecule has 4 rings (SSSR count). The van der Waals surface area contributed by atoms with Crippen molar-refractivity contribution in [2.24, 2.45) is 0 Å². The Hall–Kier alpha value is -1.88. The van der Waals surface area contributed by atoms with Crippen LogP contribution in [0.5, 0.6) is 5.75 Å². The van der Waals surface area contributed by atoms with Gasteiger partial charge in [-0.3, -0.25) is 0 Å². The summed E-state index contributed by atoms with van der Waals surface area (Å²) in [6.07, 6.45) is 0.877. The Morgan fingerprint density at radius 2 is 1.92 bits per heavy atom. The number of benzene rings is 2. The molecule has 0 atom stereocenters. The molecular formula is C18H14Cl3N3O. The van der Waals surface area contributed by atoms with Gasteiger partial charge < -0.3 is 10.1 Å².